The lowest BCUT2D eigenvalue weighted by molar-refractivity contribution is -0.125. The average molecular weight is 541 g/mol. The minimum atomic E-state index is -0.484. The number of carbonyl (C=O) groups excluding carboxylic acids is 3. The third kappa shape index (κ3) is 10.2. The molecule has 0 fully saturated rings. The van der Waals surface area contributed by atoms with Crippen LogP contribution >= 0.6 is 0 Å². The second-order valence-electron chi connectivity index (χ2n) is 10.5. The molecule has 3 atom stereocenters. The molecule has 0 spiro atoms. The molecule has 1 heterocycles. The zero-order chi connectivity index (χ0) is 28.8. The van der Waals surface area contributed by atoms with Crippen LogP contribution in [0.4, 0.5) is 0 Å². The second kappa shape index (κ2) is 16.7. The van der Waals surface area contributed by atoms with Gasteiger partial charge in [0.2, 0.25) is 5.91 Å². The SMILES string of the molecule is CCCN(CCC)C(=O)c1cccc(C(=O)N[C@@H](Cc2ccco2)[C@@H](N)C[C@@H](C)C(=O)NCC(CC)CC)c1. The van der Waals surface area contributed by atoms with Crippen molar-refractivity contribution in [2.24, 2.45) is 17.6 Å². The lowest BCUT2D eigenvalue weighted by atomic mass is 9.93. The van der Waals surface area contributed by atoms with Crippen molar-refractivity contribution in [2.45, 2.75) is 85.2 Å². The van der Waals surface area contributed by atoms with Crippen molar-refractivity contribution < 1.29 is 18.8 Å². The number of furan rings is 1. The number of nitrogens with zero attached hydrogens (tertiary/aromatic N) is 1. The molecule has 3 amide bonds. The molecular formula is C31H48N4O4. The quantitative estimate of drug-likeness (QED) is 0.267. The number of hydrogen-bond donors (Lipinski definition) is 3. The summed E-state index contributed by atoms with van der Waals surface area (Å²) in [6.45, 7) is 12.2. The first-order chi connectivity index (χ1) is 18.7. The summed E-state index contributed by atoms with van der Waals surface area (Å²) in [5.74, 6) is 0.412. The highest BCUT2D eigenvalue weighted by molar-refractivity contribution is 5.99. The van der Waals surface area contributed by atoms with Crippen molar-refractivity contribution >= 4 is 17.7 Å². The van der Waals surface area contributed by atoms with Crippen LogP contribution in [0.15, 0.2) is 47.1 Å². The normalized spacial score (nSPS) is 13.5. The lowest BCUT2D eigenvalue weighted by Crippen LogP contribution is -2.50. The summed E-state index contributed by atoms with van der Waals surface area (Å²) in [5.41, 5.74) is 7.47. The summed E-state index contributed by atoms with van der Waals surface area (Å²) in [4.78, 5) is 41.0. The zero-order valence-corrected chi connectivity index (χ0v) is 24.4. The maximum atomic E-state index is 13.3. The Kier molecular flexibility index (Phi) is 13.8. The van der Waals surface area contributed by atoms with Gasteiger partial charge in [-0.05, 0) is 55.5 Å². The molecule has 0 bridgehead atoms. The first-order valence-electron chi connectivity index (χ1n) is 14.5. The Balaban J connectivity index is 2.14. The number of nitrogens with one attached hydrogen (secondary N) is 2. The van der Waals surface area contributed by atoms with Crippen molar-refractivity contribution in [3.05, 3.63) is 59.5 Å². The maximum absolute atomic E-state index is 13.3. The molecule has 8 heteroatoms. The van der Waals surface area contributed by atoms with Crippen LogP contribution in [-0.2, 0) is 11.2 Å². The first kappa shape index (κ1) is 32.1. The van der Waals surface area contributed by atoms with Gasteiger partial charge in [-0.1, -0.05) is 53.5 Å². The van der Waals surface area contributed by atoms with Crippen LogP contribution in [0, 0.1) is 11.8 Å². The molecule has 39 heavy (non-hydrogen) atoms. The summed E-state index contributed by atoms with van der Waals surface area (Å²) >= 11 is 0. The van der Waals surface area contributed by atoms with Crippen LogP contribution in [0.1, 0.15) is 93.2 Å². The van der Waals surface area contributed by atoms with E-state index in [0.717, 1.165) is 25.7 Å². The number of carbonyl (C=O) groups is 3. The van der Waals surface area contributed by atoms with E-state index in [1.807, 2.05) is 31.7 Å². The Bertz CT molecular complexity index is 1010. The molecule has 1 aromatic carbocycles. The van der Waals surface area contributed by atoms with E-state index in [1.165, 1.54) is 0 Å². The summed E-state index contributed by atoms with van der Waals surface area (Å²) < 4.78 is 5.53. The van der Waals surface area contributed by atoms with Crippen molar-refractivity contribution in [1.29, 1.82) is 0 Å². The van der Waals surface area contributed by atoms with Gasteiger partial charge >= 0.3 is 0 Å². The Morgan fingerprint density at radius 3 is 2.23 bits per heavy atom. The molecule has 2 rings (SSSR count). The maximum Gasteiger partial charge on any atom is 0.253 e. The minimum Gasteiger partial charge on any atom is -0.469 e. The number of hydrogen-bond acceptors (Lipinski definition) is 5. The van der Waals surface area contributed by atoms with Gasteiger partial charge in [-0.25, -0.2) is 0 Å². The van der Waals surface area contributed by atoms with Crippen LogP contribution in [0.3, 0.4) is 0 Å². The van der Waals surface area contributed by atoms with E-state index in [9.17, 15) is 14.4 Å². The van der Waals surface area contributed by atoms with Gasteiger partial charge in [0.1, 0.15) is 5.76 Å². The molecule has 0 unspecified atom stereocenters. The molecule has 0 aliphatic rings. The van der Waals surface area contributed by atoms with Gasteiger partial charge in [-0.2, -0.15) is 0 Å². The van der Waals surface area contributed by atoms with Crippen LogP contribution in [0.2, 0.25) is 0 Å². The van der Waals surface area contributed by atoms with Crippen LogP contribution in [-0.4, -0.2) is 54.3 Å². The van der Waals surface area contributed by atoms with E-state index < -0.39 is 12.1 Å². The van der Waals surface area contributed by atoms with E-state index in [2.05, 4.69) is 24.5 Å². The minimum absolute atomic E-state index is 0.0321. The van der Waals surface area contributed by atoms with Gasteiger partial charge in [0.15, 0.2) is 0 Å². The molecule has 8 nitrogen and oxygen atoms in total. The Morgan fingerprint density at radius 1 is 0.974 bits per heavy atom. The summed E-state index contributed by atoms with van der Waals surface area (Å²) in [7, 11) is 0. The average Bonchev–Trinajstić information content (AvgIpc) is 3.45. The number of rotatable bonds is 17. The van der Waals surface area contributed by atoms with Gasteiger partial charge in [0.25, 0.3) is 11.8 Å². The highest BCUT2D eigenvalue weighted by Crippen LogP contribution is 2.16. The predicted molar refractivity (Wildman–Crippen MR) is 155 cm³/mol. The zero-order valence-electron chi connectivity index (χ0n) is 24.4. The summed E-state index contributed by atoms with van der Waals surface area (Å²) in [5, 5.41) is 6.10. The third-order valence-electron chi connectivity index (χ3n) is 7.27. The molecule has 0 aliphatic carbocycles. The summed E-state index contributed by atoms with van der Waals surface area (Å²) in [6.07, 6.45) is 6.15. The molecule has 0 saturated heterocycles. The van der Waals surface area contributed by atoms with Crippen molar-refractivity contribution in [2.75, 3.05) is 19.6 Å². The van der Waals surface area contributed by atoms with Crippen LogP contribution in [0.5, 0.6) is 0 Å². The standard InChI is InChI=1S/C31H48N4O4/c1-6-15-35(16-7-2)31(38)25-13-10-12-24(19-25)30(37)34-28(20-26-14-11-17-39-26)27(32)18-22(5)29(36)33-21-23(8-3)9-4/h10-14,17,19,22-23,27-28H,6-9,15-16,18,20-21,32H2,1-5H3,(H,33,36)(H,34,37)/t22-,27+,28+/m1/s1. The second-order valence-corrected chi connectivity index (χ2v) is 10.5. The Labute approximate surface area is 234 Å². The monoisotopic (exact) mass is 540 g/mol. The largest absolute Gasteiger partial charge is 0.469 e. The molecule has 0 aliphatic heterocycles. The van der Waals surface area contributed by atoms with E-state index in [1.54, 1.807) is 36.6 Å². The van der Waals surface area contributed by atoms with Gasteiger partial charge in [-0.15, -0.1) is 0 Å². The number of benzene rings is 1. The van der Waals surface area contributed by atoms with Crippen LogP contribution < -0.4 is 16.4 Å². The Morgan fingerprint density at radius 2 is 1.64 bits per heavy atom. The molecule has 216 valence electrons. The summed E-state index contributed by atoms with van der Waals surface area (Å²) in [6, 6.07) is 9.49. The van der Waals surface area contributed by atoms with E-state index in [4.69, 9.17) is 10.2 Å². The predicted octanol–water partition coefficient (Wildman–Crippen LogP) is 4.79. The topological polar surface area (TPSA) is 118 Å². The Hall–Kier alpha value is -3.13. The first-order valence-corrected chi connectivity index (χ1v) is 14.5. The van der Waals surface area contributed by atoms with Crippen molar-refractivity contribution in [3.8, 4) is 0 Å². The lowest BCUT2D eigenvalue weighted by Gasteiger charge is -2.27. The fraction of sp³-hybridized carbons (Fsp3) is 0.581. The fourth-order valence-corrected chi connectivity index (χ4v) is 4.71. The smallest absolute Gasteiger partial charge is 0.253 e. The van der Waals surface area contributed by atoms with Crippen LogP contribution in [0.25, 0.3) is 0 Å². The number of nitrogens with two attached hydrogens (primary N) is 1. The molecule has 4 N–H and O–H groups in total. The molecule has 0 saturated carbocycles. The highest BCUT2D eigenvalue weighted by Gasteiger charge is 2.27. The van der Waals surface area contributed by atoms with E-state index >= 15 is 0 Å². The van der Waals surface area contributed by atoms with Gasteiger partial charge in [0, 0.05) is 49.1 Å². The number of amides is 3. The molecular weight excluding hydrogens is 492 g/mol. The van der Waals surface area contributed by atoms with Gasteiger partial charge in [-0.3, -0.25) is 14.4 Å². The fourth-order valence-electron chi connectivity index (χ4n) is 4.71. The van der Waals surface area contributed by atoms with Gasteiger partial charge < -0.3 is 25.7 Å². The van der Waals surface area contributed by atoms with Crippen molar-refractivity contribution in [1.82, 2.24) is 15.5 Å². The van der Waals surface area contributed by atoms with E-state index in [0.29, 0.717) is 55.3 Å². The third-order valence-corrected chi connectivity index (χ3v) is 7.27. The molecule has 2 aromatic rings. The van der Waals surface area contributed by atoms with Crippen molar-refractivity contribution in [3.63, 3.8) is 0 Å². The molecule has 0 radical (unpaired) electrons. The van der Waals surface area contributed by atoms with E-state index in [-0.39, 0.29) is 23.6 Å². The molecule has 1 aromatic heterocycles. The highest BCUT2D eigenvalue weighted by atomic mass is 16.3. The van der Waals surface area contributed by atoms with Gasteiger partial charge in [0.05, 0.1) is 12.3 Å².